The van der Waals surface area contributed by atoms with Crippen molar-refractivity contribution in [2.75, 3.05) is 19.6 Å². The highest BCUT2D eigenvalue weighted by atomic mass is 32.2. The topological polar surface area (TPSA) is 106 Å². The Morgan fingerprint density at radius 3 is 2.95 bits per heavy atom. The molecular formula is C11H17N3O4S. The number of urea groups is 1. The lowest BCUT2D eigenvalue weighted by atomic mass is 10.3. The van der Waals surface area contributed by atoms with E-state index in [-0.39, 0.29) is 12.6 Å². The first-order chi connectivity index (χ1) is 8.97. The van der Waals surface area contributed by atoms with Crippen LogP contribution in [0.4, 0.5) is 4.79 Å². The molecule has 7 nitrogen and oxygen atoms in total. The molecule has 2 rings (SSSR count). The number of hydrogen-bond donors (Lipinski definition) is 2. The number of nitrogens with one attached hydrogen (secondary N) is 1. The van der Waals surface area contributed by atoms with Gasteiger partial charge in [0.05, 0.1) is 11.5 Å². The Balaban J connectivity index is 1.75. The zero-order chi connectivity index (χ0) is 13.9. The number of amides is 2. The van der Waals surface area contributed by atoms with Crippen LogP contribution in [0.5, 0.6) is 0 Å². The first-order valence-corrected chi connectivity index (χ1v) is 7.64. The Hall–Kier alpha value is -1.54. The molecule has 0 spiro atoms. The molecule has 1 fully saturated rings. The van der Waals surface area contributed by atoms with Gasteiger partial charge in [-0.2, -0.15) is 0 Å². The molecule has 8 heteroatoms. The second-order valence-corrected chi connectivity index (χ2v) is 6.35. The fourth-order valence-corrected chi connectivity index (χ4v) is 2.86. The van der Waals surface area contributed by atoms with Crippen molar-refractivity contribution in [3.8, 4) is 0 Å². The maximum atomic E-state index is 11.8. The largest absolute Gasteiger partial charge is 0.469 e. The summed E-state index contributed by atoms with van der Waals surface area (Å²) >= 11 is 0. The second kappa shape index (κ2) is 5.62. The van der Waals surface area contributed by atoms with Crippen molar-refractivity contribution in [3.63, 3.8) is 0 Å². The van der Waals surface area contributed by atoms with E-state index in [4.69, 9.17) is 9.56 Å². The molecule has 1 aliphatic heterocycles. The lowest BCUT2D eigenvalue weighted by Crippen LogP contribution is -2.41. The van der Waals surface area contributed by atoms with Crippen molar-refractivity contribution in [3.05, 3.63) is 24.2 Å². The van der Waals surface area contributed by atoms with Crippen LogP contribution < -0.4 is 10.5 Å². The van der Waals surface area contributed by atoms with Gasteiger partial charge in [-0.15, -0.1) is 0 Å². The van der Waals surface area contributed by atoms with Gasteiger partial charge in [0.2, 0.25) is 10.0 Å². The van der Waals surface area contributed by atoms with Crippen LogP contribution >= 0.6 is 0 Å². The van der Waals surface area contributed by atoms with Gasteiger partial charge in [-0.3, -0.25) is 0 Å². The molecule has 0 bridgehead atoms. The second-order valence-electron chi connectivity index (χ2n) is 4.51. The third-order valence-corrected chi connectivity index (χ3v) is 4.44. The van der Waals surface area contributed by atoms with Gasteiger partial charge in [-0.05, 0) is 18.6 Å². The summed E-state index contributed by atoms with van der Waals surface area (Å²) in [5.41, 5.74) is 0. The van der Waals surface area contributed by atoms with Crippen molar-refractivity contribution in [1.29, 1.82) is 0 Å². The fraction of sp³-hybridized carbons (Fsp3) is 0.545. The Morgan fingerprint density at radius 2 is 2.37 bits per heavy atom. The maximum Gasteiger partial charge on any atom is 0.317 e. The van der Waals surface area contributed by atoms with E-state index >= 15 is 0 Å². The minimum absolute atomic E-state index is 0.158. The van der Waals surface area contributed by atoms with E-state index in [1.807, 2.05) is 6.07 Å². The zero-order valence-electron chi connectivity index (χ0n) is 10.4. The van der Waals surface area contributed by atoms with Gasteiger partial charge in [0.25, 0.3) is 0 Å². The Labute approximate surface area is 111 Å². The summed E-state index contributed by atoms with van der Waals surface area (Å²) in [7, 11) is -3.56. The van der Waals surface area contributed by atoms with E-state index in [9.17, 15) is 13.2 Å². The minimum atomic E-state index is -3.56. The van der Waals surface area contributed by atoms with Crippen LogP contribution in [0.1, 0.15) is 12.2 Å². The van der Waals surface area contributed by atoms with Crippen LogP contribution in [0, 0.1) is 0 Å². The normalized spacial score (nSPS) is 19.6. The molecule has 1 saturated heterocycles. The van der Waals surface area contributed by atoms with Gasteiger partial charge in [-0.1, -0.05) is 0 Å². The lowest BCUT2D eigenvalue weighted by Gasteiger charge is -2.16. The fourth-order valence-electron chi connectivity index (χ4n) is 2.04. The third-order valence-electron chi connectivity index (χ3n) is 3.12. The highest BCUT2D eigenvalue weighted by molar-refractivity contribution is 7.89. The summed E-state index contributed by atoms with van der Waals surface area (Å²) < 4.78 is 27.5. The van der Waals surface area contributed by atoms with Gasteiger partial charge < -0.3 is 14.6 Å². The van der Waals surface area contributed by atoms with E-state index in [0.717, 1.165) is 5.76 Å². The Morgan fingerprint density at radius 1 is 1.58 bits per heavy atom. The molecule has 19 heavy (non-hydrogen) atoms. The molecule has 0 saturated carbocycles. The molecule has 1 aromatic rings. The first kappa shape index (κ1) is 13.9. The summed E-state index contributed by atoms with van der Waals surface area (Å²) in [4.78, 5) is 13.3. The maximum absolute atomic E-state index is 11.8. The molecule has 1 aromatic heterocycles. The molecule has 1 atom stereocenters. The number of furan rings is 1. The SMILES string of the molecule is NS(=O)(=O)C1CCN(C(=O)NCCc2ccco2)C1. The highest BCUT2D eigenvalue weighted by Crippen LogP contribution is 2.14. The van der Waals surface area contributed by atoms with Gasteiger partial charge in [0, 0.05) is 26.1 Å². The van der Waals surface area contributed by atoms with Crippen LogP contribution in [0.15, 0.2) is 22.8 Å². The molecule has 0 aromatic carbocycles. The van der Waals surface area contributed by atoms with Crippen molar-refractivity contribution >= 4 is 16.1 Å². The molecule has 1 unspecified atom stereocenters. The number of hydrogen-bond acceptors (Lipinski definition) is 4. The lowest BCUT2D eigenvalue weighted by molar-refractivity contribution is 0.209. The van der Waals surface area contributed by atoms with E-state index in [2.05, 4.69) is 5.32 Å². The molecule has 0 radical (unpaired) electrons. The summed E-state index contributed by atoms with van der Waals surface area (Å²) in [5, 5.41) is 7.15. The number of primary sulfonamides is 1. The zero-order valence-corrected chi connectivity index (χ0v) is 11.2. The standard InChI is InChI=1S/C11H17N3O4S/c12-19(16,17)10-4-6-14(8-10)11(15)13-5-3-9-2-1-7-18-9/h1-2,7,10H,3-6,8H2,(H,13,15)(H2,12,16,17). The molecule has 3 N–H and O–H groups in total. The van der Waals surface area contributed by atoms with E-state index in [0.29, 0.717) is 25.9 Å². The van der Waals surface area contributed by atoms with Crippen molar-refractivity contribution in [2.45, 2.75) is 18.1 Å². The first-order valence-electron chi connectivity index (χ1n) is 6.03. The van der Waals surface area contributed by atoms with Crippen LogP contribution in [0.3, 0.4) is 0 Å². The summed E-state index contributed by atoms with van der Waals surface area (Å²) in [6.45, 7) is 1.02. The average molecular weight is 287 g/mol. The minimum Gasteiger partial charge on any atom is -0.469 e. The van der Waals surface area contributed by atoms with Crippen molar-refractivity contribution < 1.29 is 17.6 Å². The van der Waals surface area contributed by atoms with Crippen LogP contribution in [0.25, 0.3) is 0 Å². The van der Waals surface area contributed by atoms with Gasteiger partial charge in [0.15, 0.2) is 0 Å². The number of rotatable bonds is 4. The number of carbonyl (C=O) groups is 1. The van der Waals surface area contributed by atoms with Crippen LogP contribution in [0.2, 0.25) is 0 Å². The summed E-state index contributed by atoms with van der Waals surface area (Å²) in [6.07, 6.45) is 2.57. The van der Waals surface area contributed by atoms with E-state index in [1.54, 1.807) is 12.3 Å². The number of likely N-dealkylation sites (tertiary alicyclic amines) is 1. The van der Waals surface area contributed by atoms with Crippen LogP contribution in [-0.4, -0.2) is 44.2 Å². The monoisotopic (exact) mass is 287 g/mol. The third kappa shape index (κ3) is 3.71. The van der Waals surface area contributed by atoms with Gasteiger partial charge in [0.1, 0.15) is 5.76 Å². The number of sulfonamides is 1. The number of nitrogens with two attached hydrogens (primary N) is 1. The molecular weight excluding hydrogens is 270 g/mol. The quantitative estimate of drug-likeness (QED) is 0.806. The summed E-state index contributed by atoms with van der Waals surface area (Å²) in [5.74, 6) is 0.795. The molecule has 106 valence electrons. The number of nitrogens with zero attached hydrogens (tertiary/aromatic N) is 1. The Bertz CT molecular complexity index is 526. The van der Waals surface area contributed by atoms with Crippen LogP contribution in [-0.2, 0) is 16.4 Å². The van der Waals surface area contributed by atoms with E-state index < -0.39 is 15.3 Å². The molecule has 1 aliphatic rings. The van der Waals surface area contributed by atoms with E-state index in [1.165, 1.54) is 4.90 Å². The van der Waals surface area contributed by atoms with Gasteiger partial charge >= 0.3 is 6.03 Å². The molecule has 2 heterocycles. The number of carbonyl (C=O) groups excluding carboxylic acids is 1. The molecule has 0 aliphatic carbocycles. The van der Waals surface area contributed by atoms with Gasteiger partial charge in [-0.25, -0.2) is 18.4 Å². The Kier molecular flexibility index (Phi) is 4.11. The summed E-state index contributed by atoms with van der Waals surface area (Å²) in [6, 6.07) is 3.35. The van der Waals surface area contributed by atoms with Crippen molar-refractivity contribution in [1.82, 2.24) is 10.2 Å². The van der Waals surface area contributed by atoms with Crippen molar-refractivity contribution in [2.24, 2.45) is 5.14 Å². The predicted octanol–water partition coefficient (Wildman–Crippen LogP) is -0.105. The molecule has 2 amide bonds. The average Bonchev–Trinajstić information content (AvgIpc) is 2.99. The predicted molar refractivity (Wildman–Crippen MR) is 68.9 cm³/mol. The smallest absolute Gasteiger partial charge is 0.317 e. The highest BCUT2D eigenvalue weighted by Gasteiger charge is 2.32.